The van der Waals surface area contributed by atoms with E-state index < -0.39 is 12.6 Å². The molecule has 1 N–H and O–H groups in total. The second-order valence-corrected chi connectivity index (χ2v) is 4.19. The summed E-state index contributed by atoms with van der Waals surface area (Å²) in [6, 6.07) is 5.63. The molecule has 0 saturated heterocycles. The third-order valence-electron chi connectivity index (χ3n) is 2.11. The average molecular weight is 285 g/mol. The number of nitrogens with zero attached hydrogens (tertiary/aromatic N) is 2. The average Bonchev–Trinajstić information content (AvgIpc) is 2.52. The van der Waals surface area contributed by atoms with Crippen LogP contribution in [0.15, 0.2) is 22.7 Å². The molecule has 0 aliphatic carbocycles. The lowest BCUT2D eigenvalue weighted by atomic mass is 10.2. The summed E-state index contributed by atoms with van der Waals surface area (Å²) in [5, 5.41) is 13.4. The van der Waals surface area contributed by atoms with Crippen LogP contribution in [-0.4, -0.2) is 27.5 Å². The number of aliphatic carboxylic acids is 1. The third kappa shape index (κ3) is 2.01. The number of ether oxygens (including phenoxy) is 1. The van der Waals surface area contributed by atoms with Crippen molar-refractivity contribution in [2.45, 2.75) is 0 Å². The van der Waals surface area contributed by atoms with Crippen LogP contribution in [0, 0.1) is 0 Å². The van der Waals surface area contributed by atoms with Gasteiger partial charge in [0.05, 0.1) is 10.9 Å². The van der Waals surface area contributed by atoms with Gasteiger partial charge in [0.25, 0.3) is 0 Å². The van der Waals surface area contributed by atoms with Crippen molar-refractivity contribution in [3.8, 4) is 5.88 Å². The monoisotopic (exact) mass is 284 g/mol. The fourth-order valence-corrected chi connectivity index (χ4v) is 1.80. The fraction of sp³-hybridized carbons (Fsp3) is 0.200. The number of hydrogen-bond donors (Lipinski definition) is 1. The normalized spacial score (nSPS) is 10.6. The molecule has 0 amide bonds. The standard InChI is InChI=1S/C10H9BrN2O3/c1-13-8-3-2-6(11)4-7(8)10(12-13)16-5-9(14)15/h2-4H,5H2,1H3,(H,14,15). The molecule has 84 valence electrons. The molecule has 0 radical (unpaired) electrons. The van der Waals surface area contributed by atoms with Crippen LogP contribution < -0.4 is 4.74 Å². The number of carboxylic acids is 1. The highest BCUT2D eigenvalue weighted by atomic mass is 79.9. The van der Waals surface area contributed by atoms with Gasteiger partial charge in [-0.05, 0) is 18.2 Å². The molecule has 1 heterocycles. The molecule has 0 bridgehead atoms. The van der Waals surface area contributed by atoms with Crippen LogP contribution in [-0.2, 0) is 11.8 Å². The number of hydrogen-bond acceptors (Lipinski definition) is 3. The van der Waals surface area contributed by atoms with Crippen molar-refractivity contribution in [2.24, 2.45) is 7.05 Å². The Morgan fingerprint density at radius 1 is 1.62 bits per heavy atom. The van der Waals surface area contributed by atoms with Crippen LogP contribution in [0.2, 0.25) is 0 Å². The molecular weight excluding hydrogens is 276 g/mol. The topological polar surface area (TPSA) is 64.4 Å². The van der Waals surface area contributed by atoms with E-state index in [0.29, 0.717) is 5.88 Å². The van der Waals surface area contributed by atoms with E-state index in [4.69, 9.17) is 9.84 Å². The van der Waals surface area contributed by atoms with Crippen molar-refractivity contribution in [1.29, 1.82) is 0 Å². The summed E-state index contributed by atoms with van der Waals surface area (Å²) in [6.07, 6.45) is 0. The predicted octanol–water partition coefficient (Wildman–Crippen LogP) is 1.80. The van der Waals surface area contributed by atoms with E-state index >= 15 is 0 Å². The molecule has 16 heavy (non-hydrogen) atoms. The van der Waals surface area contributed by atoms with Crippen molar-refractivity contribution in [1.82, 2.24) is 9.78 Å². The quantitative estimate of drug-likeness (QED) is 0.934. The lowest BCUT2D eigenvalue weighted by Gasteiger charge is -1.98. The number of aromatic nitrogens is 2. The Balaban J connectivity index is 2.44. The van der Waals surface area contributed by atoms with Gasteiger partial charge in [0.15, 0.2) is 6.61 Å². The van der Waals surface area contributed by atoms with E-state index in [0.717, 1.165) is 15.4 Å². The molecule has 0 spiro atoms. The van der Waals surface area contributed by atoms with Gasteiger partial charge in [0.2, 0.25) is 5.88 Å². The number of carbonyl (C=O) groups is 1. The minimum atomic E-state index is -1.02. The van der Waals surface area contributed by atoms with Crippen LogP contribution in [0.25, 0.3) is 10.9 Å². The summed E-state index contributed by atoms with van der Waals surface area (Å²) in [6.45, 7) is -0.390. The smallest absolute Gasteiger partial charge is 0.341 e. The minimum Gasteiger partial charge on any atom is -0.479 e. The Morgan fingerprint density at radius 2 is 2.38 bits per heavy atom. The van der Waals surface area contributed by atoms with Crippen molar-refractivity contribution in [2.75, 3.05) is 6.61 Å². The zero-order valence-corrected chi connectivity index (χ0v) is 10.1. The molecule has 0 aliphatic heterocycles. The molecule has 1 aromatic carbocycles. The largest absolute Gasteiger partial charge is 0.479 e. The second-order valence-electron chi connectivity index (χ2n) is 3.27. The maximum absolute atomic E-state index is 10.4. The summed E-state index contributed by atoms with van der Waals surface area (Å²) >= 11 is 3.35. The van der Waals surface area contributed by atoms with Gasteiger partial charge in [-0.25, -0.2) is 4.79 Å². The first-order chi connectivity index (χ1) is 7.58. The number of halogens is 1. The van der Waals surface area contributed by atoms with Crippen molar-refractivity contribution >= 4 is 32.8 Å². The lowest BCUT2D eigenvalue weighted by Crippen LogP contribution is -2.09. The zero-order chi connectivity index (χ0) is 11.7. The number of carboxylic acid groups (broad SMARTS) is 1. The molecular formula is C10H9BrN2O3. The highest BCUT2D eigenvalue weighted by Crippen LogP contribution is 2.27. The number of rotatable bonds is 3. The number of benzene rings is 1. The van der Waals surface area contributed by atoms with Gasteiger partial charge in [-0.2, -0.15) is 0 Å². The van der Waals surface area contributed by atoms with Crippen molar-refractivity contribution in [3.05, 3.63) is 22.7 Å². The lowest BCUT2D eigenvalue weighted by molar-refractivity contribution is -0.139. The first kappa shape index (κ1) is 10.9. The Bertz CT molecular complexity index is 550. The molecule has 2 aromatic rings. The van der Waals surface area contributed by atoms with Gasteiger partial charge < -0.3 is 9.84 Å². The Kier molecular flexibility index (Phi) is 2.82. The van der Waals surface area contributed by atoms with Crippen LogP contribution in [0.5, 0.6) is 5.88 Å². The second kappa shape index (κ2) is 4.13. The van der Waals surface area contributed by atoms with E-state index in [-0.39, 0.29) is 0 Å². The summed E-state index contributed by atoms with van der Waals surface area (Å²) in [4.78, 5) is 10.4. The minimum absolute atomic E-state index is 0.334. The van der Waals surface area contributed by atoms with E-state index in [1.165, 1.54) is 0 Å². The van der Waals surface area contributed by atoms with E-state index in [1.807, 2.05) is 18.2 Å². The van der Waals surface area contributed by atoms with Gasteiger partial charge in [-0.15, -0.1) is 5.10 Å². The molecule has 0 aliphatic rings. The van der Waals surface area contributed by atoms with Crippen LogP contribution in [0.1, 0.15) is 0 Å². The summed E-state index contributed by atoms with van der Waals surface area (Å²) in [5.74, 6) is -0.685. The molecule has 0 saturated carbocycles. The maximum Gasteiger partial charge on any atom is 0.341 e. The molecule has 2 rings (SSSR count). The highest BCUT2D eigenvalue weighted by molar-refractivity contribution is 9.10. The highest BCUT2D eigenvalue weighted by Gasteiger charge is 2.11. The van der Waals surface area contributed by atoms with E-state index in [2.05, 4.69) is 21.0 Å². The molecule has 6 heteroatoms. The third-order valence-corrected chi connectivity index (χ3v) is 2.60. The summed E-state index contributed by atoms with van der Waals surface area (Å²) in [5.41, 5.74) is 0.892. The van der Waals surface area contributed by atoms with Gasteiger partial charge in [0, 0.05) is 11.5 Å². The van der Waals surface area contributed by atoms with Crippen molar-refractivity contribution < 1.29 is 14.6 Å². The fourth-order valence-electron chi connectivity index (χ4n) is 1.44. The zero-order valence-electron chi connectivity index (χ0n) is 8.48. The van der Waals surface area contributed by atoms with Crippen LogP contribution in [0.3, 0.4) is 0 Å². The Labute approximate surface area is 99.8 Å². The van der Waals surface area contributed by atoms with Gasteiger partial charge >= 0.3 is 5.97 Å². The van der Waals surface area contributed by atoms with Gasteiger partial charge in [0.1, 0.15) is 0 Å². The molecule has 5 nitrogen and oxygen atoms in total. The number of fused-ring (bicyclic) bond motifs is 1. The van der Waals surface area contributed by atoms with Gasteiger partial charge in [-0.1, -0.05) is 15.9 Å². The van der Waals surface area contributed by atoms with E-state index in [1.54, 1.807) is 11.7 Å². The number of aryl methyl sites for hydroxylation is 1. The molecule has 0 unspecified atom stereocenters. The van der Waals surface area contributed by atoms with Crippen LogP contribution >= 0.6 is 15.9 Å². The summed E-state index contributed by atoms with van der Waals surface area (Å²) < 4.78 is 7.65. The first-order valence-electron chi connectivity index (χ1n) is 4.55. The Hall–Kier alpha value is -1.56. The molecule has 0 fully saturated rings. The van der Waals surface area contributed by atoms with Crippen LogP contribution in [0.4, 0.5) is 0 Å². The molecule has 0 atom stereocenters. The maximum atomic E-state index is 10.4. The molecule has 1 aromatic heterocycles. The first-order valence-corrected chi connectivity index (χ1v) is 5.34. The van der Waals surface area contributed by atoms with Gasteiger partial charge in [-0.3, -0.25) is 4.68 Å². The Morgan fingerprint density at radius 3 is 3.06 bits per heavy atom. The van der Waals surface area contributed by atoms with Crippen molar-refractivity contribution in [3.63, 3.8) is 0 Å². The predicted molar refractivity (Wildman–Crippen MR) is 61.5 cm³/mol. The summed E-state index contributed by atoms with van der Waals surface area (Å²) in [7, 11) is 1.78. The SMILES string of the molecule is Cn1nc(OCC(=O)O)c2cc(Br)ccc21. The van der Waals surface area contributed by atoms with E-state index in [9.17, 15) is 4.79 Å².